The van der Waals surface area contributed by atoms with Gasteiger partial charge in [0.2, 0.25) is 10.0 Å². The Bertz CT molecular complexity index is 869. The normalized spacial score (nSPS) is 14.6. The van der Waals surface area contributed by atoms with Crippen LogP contribution in [-0.2, 0) is 14.8 Å². The molecule has 0 radical (unpaired) electrons. The second-order valence-corrected chi connectivity index (χ2v) is 7.38. The molecule has 2 aromatic rings. The first-order valence-corrected chi connectivity index (χ1v) is 9.26. The summed E-state index contributed by atoms with van der Waals surface area (Å²) in [5.74, 6) is -0.239. The number of para-hydroxylation sites is 1. The maximum absolute atomic E-state index is 12.3. The molecule has 0 atom stereocenters. The number of hydrogen-bond donors (Lipinski definition) is 1. The van der Waals surface area contributed by atoms with Crippen LogP contribution in [0.3, 0.4) is 0 Å². The first kappa shape index (κ1) is 16.7. The fraction of sp³-hybridized carbons (Fsp3) is 0.375. The first-order chi connectivity index (χ1) is 11.5. The Morgan fingerprint density at radius 1 is 1.38 bits per heavy atom. The van der Waals surface area contributed by atoms with Crippen LogP contribution in [0.25, 0.3) is 5.69 Å². The number of sulfonamides is 1. The number of ether oxygens (including phenoxy) is 1. The number of carbonyl (C=O) groups is 1. The van der Waals surface area contributed by atoms with Gasteiger partial charge in [0.25, 0.3) is 0 Å². The molecule has 1 aliphatic rings. The third-order valence-electron chi connectivity index (χ3n) is 3.92. The predicted octanol–water partition coefficient (Wildman–Crippen LogP) is 1.83. The Morgan fingerprint density at radius 3 is 2.71 bits per heavy atom. The van der Waals surface area contributed by atoms with Crippen LogP contribution in [-0.4, -0.2) is 37.8 Å². The number of carbonyl (C=O) groups excluding carboxylic acids is 1. The SMILES string of the molecule is CCOC(=O)c1cnn(-c2ccccc2S(=O)(=O)NC)c1C1CC1. The van der Waals surface area contributed by atoms with E-state index in [1.165, 1.54) is 19.3 Å². The topological polar surface area (TPSA) is 90.3 Å². The van der Waals surface area contributed by atoms with E-state index in [2.05, 4.69) is 9.82 Å². The van der Waals surface area contributed by atoms with Gasteiger partial charge >= 0.3 is 5.97 Å². The van der Waals surface area contributed by atoms with Gasteiger partial charge in [0.15, 0.2) is 0 Å². The molecule has 0 bridgehead atoms. The minimum absolute atomic E-state index is 0.118. The Hall–Kier alpha value is -2.19. The second-order valence-electron chi connectivity index (χ2n) is 5.53. The van der Waals surface area contributed by atoms with E-state index < -0.39 is 16.0 Å². The van der Waals surface area contributed by atoms with Crippen molar-refractivity contribution >= 4 is 16.0 Å². The Balaban J connectivity index is 2.17. The van der Waals surface area contributed by atoms with Crippen LogP contribution in [0.15, 0.2) is 35.4 Å². The fourth-order valence-electron chi connectivity index (χ4n) is 2.63. The van der Waals surface area contributed by atoms with E-state index in [4.69, 9.17) is 4.74 Å². The van der Waals surface area contributed by atoms with Crippen molar-refractivity contribution in [3.05, 3.63) is 41.7 Å². The standard InChI is InChI=1S/C16H19N3O4S/c1-3-23-16(20)12-10-18-19(15(12)11-8-9-11)13-6-4-5-7-14(13)24(21,22)17-2/h4-7,10-11,17H,3,8-9H2,1-2H3. The van der Waals surface area contributed by atoms with Gasteiger partial charge in [-0.3, -0.25) is 0 Å². The largest absolute Gasteiger partial charge is 0.462 e. The molecular weight excluding hydrogens is 330 g/mol. The smallest absolute Gasteiger partial charge is 0.341 e. The van der Waals surface area contributed by atoms with E-state index in [1.807, 2.05) is 0 Å². The van der Waals surface area contributed by atoms with E-state index in [0.717, 1.165) is 12.8 Å². The minimum atomic E-state index is -3.65. The van der Waals surface area contributed by atoms with Crippen LogP contribution >= 0.6 is 0 Å². The van der Waals surface area contributed by atoms with Gasteiger partial charge < -0.3 is 4.74 Å². The van der Waals surface area contributed by atoms with Crippen molar-refractivity contribution in [3.63, 3.8) is 0 Å². The van der Waals surface area contributed by atoms with Gasteiger partial charge in [0.1, 0.15) is 10.5 Å². The highest BCUT2D eigenvalue weighted by Gasteiger charge is 2.34. The highest BCUT2D eigenvalue weighted by Crippen LogP contribution is 2.43. The lowest BCUT2D eigenvalue weighted by Gasteiger charge is -2.13. The summed E-state index contributed by atoms with van der Waals surface area (Å²) in [6.07, 6.45) is 3.34. The quantitative estimate of drug-likeness (QED) is 0.804. The molecule has 24 heavy (non-hydrogen) atoms. The molecule has 0 spiro atoms. The average Bonchev–Trinajstić information content (AvgIpc) is 3.33. The molecule has 1 aromatic carbocycles. The van der Waals surface area contributed by atoms with E-state index in [9.17, 15) is 13.2 Å². The van der Waals surface area contributed by atoms with Crippen molar-refractivity contribution in [3.8, 4) is 5.69 Å². The molecule has 1 saturated carbocycles. The van der Waals surface area contributed by atoms with Crippen LogP contribution in [0.4, 0.5) is 0 Å². The zero-order valence-electron chi connectivity index (χ0n) is 13.5. The van der Waals surface area contributed by atoms with Crippen LogP contribution in [0.1, 0.15) is 41.7 Å². The zero-order valence-corrected chi connectivity index (χ0v) is 14.3. The molecule has 128 valence electrons. The van der Waals surface area contributed by atoms with E-state index >= 15 is 0 Å². The molecule has 8 heteroatoms. The molecule has 3 rings (SSSR count). The summed E-state index contributed by atoms with van der Waals surface area (Å²) in [6, 6.07) is 6.59. The van der Waals surface area contributed by atoms with Crippen LogP contribution in [0.2, 0.25) is 0 Å². The minimum Gasteiger partial charge on any atom is -0.462 e. The van der Waals surface area contributed by atoms with Gasteiger partial charge in [-0.05, 0) is 38.9 Å². The summed E-state index contributed by atoms with van der Waals surface area (Å²) in [6.45, 7) is 2.02. The molecule has 1 N–H and O–H groups in total. The summed E-state index contributed by atoms with van der Waals surface area (Å²) in [7, 11) is -2.29. The predicted molar refractivity (Wildman–Crippen MR) is 87.7 cm³/mol. The highest BCUT2D eigenvalue weighted by molar-refractivity contribution is 7.89. The molecule has 7 nitrogen and oxygen atoms in total. The third-order valence-corrected chi connectivity index (χ3v) is 5.38. The molecule has 1 fully saturated rings. The average molecular weight is 349 g/mol. The lowest BCUT2D eigenvalue weighted by molar-refractivity contribution is 0.0525. The lowest BCUT2D eigenvalue weighted by Crippen LogP contribution is -2.21. The molecule has 1 aromatic heterocycles. The fourth-order valence-corrected chi connectivity index (χ4v) is 3.54. The van der Waals surface area contributed by atoms with Crippen LogP contribution < -0.4 is 4.72 Å². The molecule has 0 saturated heterocycles. The second kappa shape index (κ2) is 6.37. The van der Waals surface area contributed by atoms with Crippen LogP contribution in [0, 0.1) is 0 Å². The van der Waals surface area contributed by atoms with Crippen molar-refractivity contribution in [2.24, 2.45) is 0 Å². The summed E-state index contributed by atoms with van der Waals surface area (Å²) >= 11 is 0. The van der Waals surface area contributed by atoms with Gasteiger partial charge in [-0.25, -0.2) is 22.6 Å². The van der Waals surface area contributed by atoms with Crippen molar-refractivity contribution < 1.29 is 17.9 Å². The number of benzene rings is 1. The zero-order chi connectivity index (χ0) is 17.3. The summed E-state index contributed by atoms with van der Waals surface area (Å²) in [5, 5.41) is 4.28. The van der Waals surface area contributed by atoms with Gasteiger partial charge in [-0.15, -0.1) is 0 Å². The molecule has 0 aliphatic heterocycles. The van der Waals surface area contributed by atoms with Crippen molar-refractivity contribution in [2.45, 2.75) is 30.6 Å². The third kappa shape index (κ3) is 2.94. The highest BCUT2D eigenvalue weighted by atomic mass is 32.2. The van der Waals surface area contributed by atoms with Gasteiger partial charge in [-0.2, -0.15) is 5.10 Å². The maximum Gasteiger partial charge on any atom is 0.341 e. The summed E-state index contributed by atoms with van der Waals surface area (Å²) in [4.78, 5) is 12.3. The van der Waals surface area contributed by atoms with Crippen LogP contribution in [0.5, 0.6) is 0 Å². The summed E-state index contributed by atoms with van der Waals surface area (Å²) < 4.78 is 33.5. The van der Waals surface area contributed by atoms with Gasteiger partial charge in [0.05, 0.1) is 24.2 Å². The number of hydrogen-bond acceptors (Lipinski definition) is 5. The van der Waals surface area contributed by atoms with Gasteiger partial charge in [0, 0.05) is 5.92 Å². The van der Waals surface area contributed by atoms with Crippen molar-refractivity contribution in [1.82, 2.24) is 14.5 Å². The first-order valence-electron chi connectivity index (χ1n) is 7.77. The van der Waals surface area contributed by atoms with Crippen molar-refractivity contribution in [2.75, 3.05) is 13.7 Å². The van der Waals surface area contributed by atoms with Crippen molar-refractivity contribution in [1.29, 1.82) is 0 Å². The van der Waals surface area contributed by atoms with E-state index in [-0.39, 0.29) is 17.4 Å². The van der Waals surface area contributed by atoms with E-state index in [1.54, 1.807) is 29.8 Å². The molecule has 1 aliphatic carbocycles. The molecule has 0 unspecified atom stereocenters. The lowest BCUT2D eigenvalue weighted by atomic mass is 10.1. The Labute approximate surface area is 140 Å². The van der Waals surface area contributed by atoms with Gasteiger partial charge in [-0.1, -0.05) is 12.1 Å². The Morgan fingerprint density at radius 2 is 2.08 bits per heavy atom. The molecule has 1 heterocycles. The molecular formula is C16H19N3O4S. The maximum atomic E-state index is 12.3. The summed E-state index contributed by atoms with van der Waals surface area (Å²) in [5.41, 5.74) is 1.53. The molecule has 0 amide bonds. The number of esters is 1. The number of aromatic nitrogens is 2. The number of nitrogens with zero attached hydrogens (tertiary/aromatic N) is 2. The van der Waals surface area contributed by atoms with E-state index in [0.29, 0.717) is 16.9 Å². The Kier molecular flexibility index (Phi) is 4.42. The number of nitrogens with one attached hydrogen (secondary N) is 1. The monoisotopic (exact) mass is 349 g/mol. The number of rotatable bonds is 6.